The molecule has 0 spiro atoms. The third-order valence-electron chi connectivity index (χ3n) is 3.22. The smallest absolute Gasteiger partial charge is 0.430 e. The number of amides is 1. The zero-order valence-corrected chi connectivity index (χ0v) is 15.7. The SMILES string of the molecule is CN(/N=C(/CC(=O)c1ccccc1)C(C)(C)C)C(=O)OC(C)(C)C. The maximum atomic E-state index is 12.5. The normalized spacial score (nSPS) is 12.7. The molecule has 5 nitrogen and oxygen atoms in total. The summed E-state index contributed by atoms with van der Waals surface area (Å²) < 4.78 is 5.30. The fourth-order valence-corrected chi connectivity index (χ4v) is 1.88. The number of Topliss-reactive ketones (excluding diaryl/α,β-unsaturated/α-hetero) is 1. The molecule has 1 rings (SSSR count). The van der Waals surface area contributed by atoms with Crippen LogP contribution >= 0.6 is 0 Å². The molecule has 24 heavy (non-hydrogen) atoms. The third-order valence-corrected chi connectivity index (χ3v) is 3.22. The molecule has 0 atom stereocenters. The van der Waals surface area contributed by atoms with Crippen molar-refractivity contribution in [3.63, 3.8) is 0 Å². The lowest BCUT2D eigenvalue weighted by atomic mass is 9.86. The van der Waals surface area contributed by atoms with Crippen LogP contribution < -0.4 is 0 Å². The Morgan fingerprint density at radius 1 is 1.04 bits per heavy atom. The molecule has 1 aromatic carbocycles. The second-order valence-corrected chi connectivity index (χ2v) is 7.77. The number of hydrogen-bond acceptors (Lipinski definition) is 4. The molecule has 0 fully saturated rings. The van der Waals surface area contributed by atoms with E-state index < -0.39 is 11.7 Å². The first-order chi connectivity index (χ1) is 10.9. The van der Waals surface area contributed by atoms with Gasteiger partial charge in [-0.3, -0.25) is 4.79 Å². The van der Waals surface area contributed by atoms with Crippen LogP contribution in [0, 0.1) is 5.41 Å². The van der Waals surface area contributed by atoms with Crippen LogP contribution in [0.5, 0.6) is 0 Å². The van der Waals surface area contributed by atoms with Gasteiger partial charge in [0.05, 0.1) is 12.1 Å². The highest BCUT2D eigenvalue weighted by atomic mass is 16.6. The van der Waals surface area contributed by atoms with Crippen LogP contribution in [0.4, 0.5) is 4.79 Å². The van der Waals surface area contributed by atoms with Gasteiger partial charge in [-0.05, 0) is 20.8 Å². The first kappa shape index (κ1) is 19.9. The Bertz CT molecular complexity index is 608. The van der Waals surface area contributed by atoms with Crippen LogP contribution in [0.1, 0.15) is 58.3 Å². The van der Waals surface area contributed by atoms with Crippen molar-refractivity contribution in [3.8, 4) is 0 Å². The Hall–Kier alpha value is -2.17. The highest BCUT2D eigenvalue weighted by Crippen LogP contribution is 2.21. The van der Waals surface area contributed by atoms with E-state index in [1.54, 1.807) is 32.9 Å². The van der Waals surface area contributed by atoms with Crippen LogP contribution in [-0.4, -0.2) is 35.2 Å². The molecule has 0 saturated heterocycles. The Morgan fingerprint density at radius 3 is 2.04 bits per heavy atom. The molecule has 0 aliphatic carbocycles. The van der Waals surface area contributed by atoms with Crippen molar-refractivity contribution in [1.82, 2.24) is 5.01 Å². The van der Waals surface area contributed by atoms with E-state index in [4.69, 9.17) is 4.74 Å². The standard InChI is InChI=1S/C19H28N2O3/c1-18(2,3)16(13-15(22)14-11-9-8-10-12-14)20-21(7)17(23)24-19(4,5)6/h8-12H,13H2,1-7H3/b20-16-. The van der Waals surface area contributed by atoms with E-state index in [2.05, 4.69) is 5.10 Å². The third kappa shape index (κ3) is 6.52. The molecule has 0 N–H and O–H groups in total. The van der Waals surface area contributed by atoms with Gasteiger partial charge in [-0.15, -0.1) is 0 Å². The van der Waals surface area contributed by atoms with Crippen molar-refractivity contribution < 1.29 is 14.3 Å². The van der Waals surface area contributed by atoms with Crippen molar-refractivity contribution in [3.05, 3.63) is 35.9 Å². The van der Waals surface area contributed by atoms with E-state index in [0.29, 0.717) is 11.3 Å². The summed E-state index contributed by atoms with van der Waals surface area (Å²) in [6.45, 7) is 11.3. The summed E-state index contributed by atoms with van der Waals surface area (Å²) in [6.07, 6.45) is -0.392. The second-order valence-electron chi connectivity index (χ2n) is 7.77. The maximum absolute atomic E-state index is 12.5. The lowest BCUT2D eigenvalue weighted by molar-refractivity contribution is 0.0300. The zero-order valence-electron chi connectivity index (χ0n) is 15.7. The number of ketones is 1. The van der Waals surface area contributed by atoms with E-state index in [0.717, 1.165) is 5.01 Å². The molecule has 5 heteroatoms. The molecule has 132 valence electrons. The van der Waals surface area contributed by atoms with E-state index in [-0.39, 0.29) is 17.6 Å². The number of hydrazone groups is 1. The van der Waals surface area contributed by atoms with Crippen molar-refractivity contribution in [2.24, 2.45) is 10.5 Å². The number of hydrogen-bond donors (Lipinski definition) is 0. The van der Waals surface area contributed by atoms with Crippen LogP contribution in [0.15, 0.2) is 35.4 Å². The molecular weight excluding hydrogens is 304 g/mol. The summed E-state index contributed by atoms with van der Waals surface area (Å²) in [7, 11) is 1.53. The maximum Gasteiger partial charge on any atom is 0.430 e. The number of carbonyl (C=O) groups is 2. The number of nitrogens with zero attached hydrogens (tertiary/aromatic N) is 2. The summed E-state index contributed by atoms with van der Waals surface area (Å²) in [6, 6.07) is 9.08. The Kier molecular flexibility index (Phi) is 6.29. The van der Waals surface area contributed by atoms with Crippen LogP contribution in [0.25, 0.3) is 0 Å². The highest BCUT2D eigenvalue weighted by Gasteiger charge is 2.25. The largest absolute Gasteiger partial charge is 0.442 e. The summed E-state index contributed by atoms with van der Waals surface area (Å²) in [5, 5.41) is 5.51. The van der Waals surface area contributed by atoms with Gasteiger partial charge in [0, 0.05) is 18.0 Å². The Labute approximate surface area is 144 Å². The minimum absolute atomic E-state index is 0.0261. The van der Waals surface area contributed by atoms with Gasteiger partial charge >= 0.3 is 6.09 Å². The lowest BCUT2D eigenvalue weighted by Gasteiger charge is -2.26. The van der Waals surface area contributed by atoms with Crippen molar-refractivity contribution in [2.75, 3.05) is 7.05 Å². The monoisotopic (exact) mass is 332 g/mol. The molecule has 0 heterocycles. The zero-order chi connectivity index (χ0) is 18.5. The molecule has 0 aliphatic heterocycles. The van der Waals surface area contributed by atoms with Crippen LogP contribution in [0.3, 0.4) is 0 Å². The quantitative estimate of drug-likeness (QED) is 0.462. The first-order valence-electron chi connectivity index (χ1n) is 8.03. The van der Waals surface area contributed by atoms with E-state index >= 15 is 0 Å². The van der Waals surface area contributed by atoms with Gasteiger partial charge in [-0.1, -0.05) is 51.1 Å². The average Bonchev–Trinajstić information content (AvgIpc) is 2.44. The van der Waals surface area contributed by atoms with E-state index in [9.17, 15) is 9.59 Å². The number of rotatable bonds is 4. The summed E-state index contributed by atoms with van der Waals surface area (Å²) in [5.74, 6) is -0.0261. The summed E-state index contributed by atoms with van der Waals surface area (Å²) >= 11 is 0. The van der Waals surface area contributed by atoms with Gasteiger partial charge in [0.1, 0.15) is 5.60 Å². The van der Waals surface area contributed by atoms with Gasteiger partial charge in [0.2, 0.25) is 0 Å². The predicted octanol–water partition coefficient (Wildman–Crippen LogP) is 4.53. The Balaban J connectivity index is 2.97. The molecule has 1 amide bonds. The van der Waals surface area contributed by atoms with Crippen LogP contribution in [-0.2, 0) is 4.74 Å². The van der Waals surface area contributed by atoms with Gasteiger partial charge in [-0.25, -0.2) is 9.80 Å². The van der Waals surface area contributed by atoms with E-state index in [1.807, 2.05) is 39.0 Å². The number of benzene rings is 1. The van der Waals surface area contributed by atoms with Gasteiger partial charge in [0.25, 0.3) is 0 Å². The summed E-state index contributed by atoms with van der Waals surface area (Å²) in [4.78, 5) is 24.6. The second kappa shape index (κ2) is 7.60. The van der Waals surface area contributed by atoms with E-state index in [1.165, 1.54) is 7.05 Å². The average molecular weight is 332 g/mol. The van der Waals surface area contributed by atoms with Gasteiger partial charge in [0.15, 0.2) is 5.78 Å². The lowest BCUT2D eigenvalue weighted by Crippen LogP contribution is -2.34. The highest BCUT2D eigenvalue weighted by molar-refractivity contribution is 6.11. The molecule has 0 unspecified atom stereocenters. The van der Waals surface area contributed by atoms with Crippen LogP contribution in [0.2, 0.25) is 0 Å². The molecule has 0 bridgehead atoms. The molecule has 0 aromatic heterocycles. The molecular formula is C19H28N2O3. The predicted molar refractivity (Wildman–Crippen MR) is 96.3 cm³/mol. The minimum atomic E-state index is -0.595. The number of carbonyl (C=O) groups excluding carboxylic acids is 2. The fourth-order valence-electron chi connectivity index (χ4n) is 1.88. The topological polar surface area (TPSA) is 59.0 Å². The van der Waals surface area contributed by atoms with Crippen molar-refractivity contribution in [2.45, 2.75) is 53.6 Å². The van der Waals surface area contributed by atoms with Crippen molar-refractivity contribution >= 4 is 17.6 Å². The summed E-state index contributed by atoms with van der Waals surface area (Å²) in [5.41, 5.74) is 0.322. The molecule has 0 aliphatic rings. The molecule has 1 aromatic rings. The number of ether oxygens (including phenoxy) is 1. The van der Waals surface area contributed by atoms with Crippen molar-refractivity contribution in [1.29, 1.82) is 0 Å². The molecule has 0 saturated carbocycles. The first-order valence-corrected chi connectivity index (χ1v) is 8.03. The fraction of sp³-hybridized carbons (Fsp3) is 0.526. The molecule has 0 radical (unpaired) electrons. The van der Waals surface area contributed by atoms with Gasteiger partial charge in [-0.2, -0.15) is 5.10 Å². The van der Waals surface area contributed by atoms with Gasteiger partial charge < -0.3 is 4.74 Å². The minimum Gasteiger partial charge on any atom is -0.442 e. The Morgan fingerprint density at radius 2 is 1.58 bits per heavy atom.